The first-order valence-electron chi connectivity index (χ1n) is 6.87. The van der Waals surface area contributed by atoms with Gasteiger partial charge in [-0.05, 0) is 42.3 Å². The van der Waals surface area contributed by atoms with Crippen LogP contribution in [0.1, 0.15) is 24.1 Å². The molecule has 1 unspecified atom stereocenters. The number of benzene rings is 2. The molecule has 116 valence electrons. The van der Waals surface area contributed by atoms with E-state index in [0.717, 1.165) is 5.56 Å². The SMILES string of the molecule is COc1ccc(C(C)NC(=O)Cc2ccc(Cl)cc2)cc1F. The van der Waals surface area contributed by atoms with Gasteiger partial charge in [0.15, 0.2) is 11.6 Å². The molecular formula is C17H17ClFNO2. The van der Waals surface area contributed by atoms with Crippen molar-refractivity contribution in [1.29, 1.82) is 0 Å². The lowest BCUT2D eigenvalue weighted by atomic mass is 10.1. The zero-order valence-corrected chi connectivity index (χ0v) is 13.2. The second-order valence-corrected chi connectivity index (χ2v) is 5.42. The Balaban J connectivity index is 1.98. The first-order chi connectivity index (χ1) is 10.5. The quantitative estimate of drug-likeness (QED) is 0.906. The second kappa shape index (κ2) is 7.27. The molecule has 0 saturated carbocycles. The Morgan fingerprint density at radius 2 is 1.95 bits per heavy atom. The van der Waals surface area contributed by atoms with Crippen molar-refractivity contribution in [2.45, 2.75) is 19.4 Å². The van der Waals surface area contributed by atoms with Gasteiger partial charge in [0.1, 0.15) is 0 Å². The Morgan fingerprint density at radius 1 is 1.27 bits per heavy atom. The highest BCUT2D eigenvalue weighted by atomic mass is 35.5. The van der Waals surface area contributed by atoms with Crippen LogP contribution in [0.4, 0.5) is 4.39 Å². The molecule has 2 rings (SSSR count). The molecule has 0 radical (unpaired) electrons. The Hall–Kier alpha value is -2.07. The average Bonchev–Trinajstić information content (AvgIpc) is 2.49. The standard InChI is InChI=1S/C17H17ClFNO2/c1-11(13-5-8-16(22-2)15(19)10-13)20-17(21)9-12-3-6-14(18)7-4-12/h3-8,10-11H,9H2,1-2H3,(H,20,21). The summed E-state index contributed by atoms with van der Waals surface area (Å²) in [6.07, 6.45) is 0.250. The highest BCUT2D eigenvalue weighted by molar-refractivity contribution is 6.30. The molecular weight excluding hydrogens is 305 g/mol. The summed E-state index contributed by atoms with van der Waals surface area (Å²) in [6.45, 7) is 1.81. The van der Waals surface area contributed by atoms with Crippen molar-refractivity contribution in [2.75, 3.05) is 7.11 Å². The summed E-state index contributed by atoms with van der Waals surface area (Å²) in [4.78, 5) is 12.0. The molecule has 0 spiro atoms. The van der Waals surface area contributed by atoms with E-state index in [1.54, 1.807) is 43.3 Å². The normalized spacial score (nSPS) is 11.8. The monoisotopic (exact) mass is 321 g/mol. The number of hydrogen-bond donors (Lipinski definition) is 1. The van der Waals surface area contributed by atoms with E-state index in [-0.39, 0.29) is 24.1 Å². The van der Waals surface area contributed by atoms with Gasteiger partial charge in [-0.1, -0.05) is 29.8 Å². The largest absolute Gasteiger partial charge is 0.494 e. The van der Waals surface area contributed by atoms with Gasteiger partial charge in [-0.3, -0.25) is 4.79 Å². The molecule has 1 atom stereocenters. The molecule has 0 fully saturated rings. The van der Waals surface area contributed by atoms with Gasteiger partial charge in [-0.2, -0.15) is 0 Å². The molecule has 0 aliphatic heterocycles. The van der Waals surface area contributed by atoms with Gasteiger partial charge in [0, 0.05) is 5.02 Å². The minimum atomic E-state index is -0.446. The summed E-state index contributed by atoms with van der Waals surface area (Å²) in [7, 11) is 1.41. The number of hydrogen-bond acceptors (Lipinski definition) is 2. The van der Waals surface area contributed by atoms with Gasteiger partial charge < -0.3 is 10.1 Å². The van der Waals surface area contributed by atoms with E-state index in [2.05, 4.69) is 5.32 Å². The molecule has 0 aromatic heterocycles. The first-order valence-corrected chi connectivity index (χ1v) is 7.24. The van der Waals surface area contributed by atoms with Crippen molar-refractivity contribution < 1.29 is 13.9 Å². The lowest BCUT2D eigenvalue weighted by Crippen LogP contribution is -2.28. The number of carbonyl (C=O) groups is 1. The second-order valence-electron chi connectivity index (χ2n) is 4.99. The molecule has 0 bridgehead atoms. The summed E-state index contributed by atoms with van der Waals surface area (Å²) in [5.41, 5.74) is 1.55. The third kappa shape index (κ3) is 4.21. The molecule has 22 heavy (non-hydrogen) atoms. The molecule has 0 aliphatic rings. The highest BCUT2D eigenvalue weighted by Gasteiger charge is 2.12. The number of nitrogens with one attached hydrogen (secondary N) is 1. The van der Waals surface area contributed by atoms with Crippen molar-refractivity contribution in [3.63, 3.8) is 0 Å². The Kier molecular flexibility index (Phi) is 5.39. The Morgan fingerprint density at radius 3 is 2.55 bits per heavy atom. The van der Waals surface area contributed by atoms with Crippen LogP contribution in [0.15, 0.2) is 42.5 Å². The number of rotatable bonds is 5. The van der Waals surface area contributed by atoms with E-state index in [9.17, 15) is 9.18 Å². The zero-order chi connectivity index (χ0) is 16.1. The Bertz CT molecular complexity index is 658. The van der Waals surface area contributed by atoms with Crippen molar-refractivity contribution in [2.24, 2.45) is 0 Å². The number of carbonyl (C=O) groups excluding carboxylic acids is 1. The van der Waals surface area contributed by atoms with Crippen LogP contribution in [0, 0.1) is 5.82 Å². The molecule has 5 heteroatoms. The van der Waals surface area contributed by atoms with Crippen molar-refractivity contribution >= 4 is 17.5 Å². The fraction of sp³-hybridized carbons (Fsp3) is 0.235. The van der Waals surface area contributed by atoms with Crippen LogP contribution in [-0.2, 0) is 11.2 Å². The van der Waals surface area contributed by atoms with Gasteiger partial charge in [-0.25, -0.2) is 4.39 Å². The summed E-state index contributed by atoms with van der Waals surface area (Å²) >= 11 is 5.81. The van der Waals surface area contributed by atoms with E-state index in [1.165, 1.54) is 13.2 Å². The van der Waals surface area contributed by atoms with E-state index in [1.807, 2.05) is 0 Å². The van der Waals surface area contributed by atoms with Crippen LogP contribution in [0.25, 0.3) is 0 Å². The maximum Gasteiger partial charge on any atom is 0.224 e. The minimum absolute atomic E-state index is 0.133. The van der Waals surface area contributed by atoms with Crippen LogP contribution in [0.5, 0.6) is 5.75 Å². The highest BCUT2D eigenvalue weighted by Crippen LogP contribution is 2.21. The Labute approximate surface area is 134 Å². The maximum absolute atomic E-state index is 13.7. The third-order valence-corrected chi connectivity index (χ3v) is 3.58. The molecule has 2 aromatic rings. The van der Waals surface area contributed by atoms with Gasteiger partial charge in [0.2, 0.25) is 5.91 Å². The third-order valence-electron chi connectivity index (χ3n) is 3.33. The fourth-order valence-electron chi connectivity index (χ4n) is 2.12. The minimum Gasteiger partial charge on any atom is -0.494 e. The van der Waals surface area contributed by atoms with E-state index >= 15 is 0 Å². The number of ether oxygens (including phenoxy) is 1. The molecule has 1 amide bonds. The van der Waals surface area contributed by atoms with Gasteiger partial charge >= 0.3 is 0 Å². The van der Waals surface area contributed by atoms with Crippen LogP contribution in [-0.4, -0.2) is 13.0 Å². The lowest BCUT2D eigenvalue weighted by Gasteiger charge is -2.15. The van der Waals surface area contributed by atoms with Gasteiger partial charge in [0.25, 0.3) is 0 Å². The van der Waals surface area contributed by atoms with Gasteiger partial charge in [-0.15, -0.1) is 0 Å². The first kappa shape index (κ1) is 16.3. The number of methoxy groups -OCH3 is 1. The van der Waals surface area contributed by atoms with Crippen LogP contribution in [0.2, 0.25) is 5.02 Å². The lowest BCUT2D eigenvalue weighted by molar-refractivity contribution is -0.121. The topological polar surface area (TPSA) is 38.3 Å². The molecule has 2 aromatic carbocycles. The van der Waals surface area contributed by atoms with Crippen LogP contribution >= 0.6 is 11.6 Å². The molecule has 3 nitrogen and oxygen atoms in total. The number of halogens is 2. The van der Waals surface area contributed by atoms with E-state index < -0.39 is 5.82 Å². The summed E-state index contributed by atoms with van der Waals surface area (Å²) in [5, 5.41) is 3.48. The van der Waals surface area contributed by atoms with Gasteiger partial charge in [0.05, 0.1) is 19.6 Å². The molecule has 1 N–H and O–H groups in total. The smallest absolute Gasteiger partial charge is 0.224 e. The average molecular weight is 322 g/mol. The predicted octanol–water partition coefficient (Wildman–Crippen LogP) is 3.91. The van der Waals surface area contributed by atoms with Crippen molar-refractivity contribution in [1.82, 2.24) is 5.32 Å². The van der Waals surface area contributed by atoms with Crippen molar-refractivity contribution in [3.8, 4) is 5.75 Å². The number of amides is 1. The molecule has 0 heterocycles. The zero-order valence-electron chi connectivity index (χ0n) is 12.4. The molecule has 0 saturated heterocycles. The summed E-state index contributed by atoms with van der Waals surface area (Å²) in [5.74, 6) is -0.395. The summed E-state index contributed by atoms with van der Waals surface area (Å²) < 4.78 is 18.6. The van der Waals surface area contributed by atoms with E-state index in [0.29, 0.717) is 10.6 Å². The van der Waals surface area contributed by atoms with Crippen LogP contribution < -0.4 is 10.1 Å². The molecule has 0 aliphatic carbocycles. The fourth-order valence-corrected chi connectivity index (χ4v) is 2.24. The van der Waals surface area contributed by atoms with Crippen LogP contribution in [0.3, 0.4) is 0 Å². The summed E-state index contributed by atoms with van der Waals surface area (Å²) in [6, 6.07) is 11.5. The maximum atomic E-state index is 13.7. The van der Waals surface area contributed by atoms with E-state index in [4.69, 9.17) is 16.3 Å². The van der Waals surface area contributed by atoms with Crippen molar-refractivity contribution in [3.05, 3.63) is 64.4 Å². The predicted molar refractivity (Wildman–Crippen MR) is 84.7 cm³/mol.